The van der Waals surface area contributed by atoms with Crippen LogP contribution in [-0.4, -0.2) is 22.4 Å². The van der Waals surface area contributed by atoms with Crippen molar-refractivity contribution in [2.75, 3.05) is 11.9 Å². The highest BCUT2D eigenvalue weighted by Gasteiger charge is 2.08. The molecule has 2 rings (SSSR count). The summed E-state index contributed by atoms with van der Waals surface area (Å²) < 4.78 is 26.2. The van der Waals surface area contributed by atoms with Gasteiger partial charge in [-0.05, 0) is 18.6 Å². The molecule has 21 heavy (non-hydrogen) atoms. The fraction of sp³-hybridized carbons (Fsp3) is 0.214. The van der Waals surface area contributed by atoms with Gasteiger partial charge in [-0.25, -0.2) is 18.7 Å². The second-order valence-corrected chi connectivity index (χ2v) is 4.30. The Labute approximate surface area is 120 Å². The number of carbonyl (C=O) groups is 1. The van der Waals surface area contributed by atoms with Crippen LogP contribution >= 0.6 is 0 Å². The quantitative estimate of drug-likeness (QED) is 0.889. The van der Waals surface area contributed by atoms with Crippen molar-refractivity contribution in [2.45, 2.75) is 13.3 Å². The highest BCUT2D eigenvalue weighted by molar-refractivity contribution is 5.93. The van der Waals surface area contributed by atoms with E-state index in [1.165, 1.54) is 18.5 Å². The number of hydrogen-bond donors (Lipinski definition) is 2. The second-order valence-electron chi connectivity index (χ2n) is 4.30. The lowest BCUT2D eigenvalue weighted by molar-refractivity contribution is 0.0953. The molecule has 0 bridgehead atoms. The minimum atomic E-state index is -0.747. The molecular weight excluding hydrogens is 278 g/mol. The van der Waals surface area contributed by atoms with E-state index < -0.39 is 11.6 Å². The number of carbonyl (C=O) groups excluding carboxylic acids is 1. The van der Waals surface area contributed by atoms with Crippen molar-refractivity contribution in [3.05, 3.63) is 47.8 Å². The van der Waals surface area contributed by atoms with Gasteiger partial charge in [-0.15, -0.1) is 0 Å². The van der Waals surface area contributed by atoms with Gasteiger partial charge >= 0.3 is 0 Å². The second kappa shape index (κ2) is 6.74. The van der Waals surface area contributed by atoms with Crippen LogP contribution in [-0.2, 0) is 0 Å². The summed E-state index contributed by atoms with van der Waals surface area (Å²) in [4.78, 5) is 19.5. The molecule has 1 heterocycles. The Morgan fingerprint density at radius 3 is 2.57 bits per heavy atom. The van der Waals surface area contributed by atoms with Crippen molar-refractivity contribution in [2.24, 2.45) is 0 Å². The van der Waals surface area contributed by atoms with Gasteiger partial charge in [-0.2, -0.15) is 0 Å². The SMILES string of the molecule is CCCNC(=O)c1cnc(Nc2ccc(F)cc2F)nc1. The van der Waals surface area contributed by atoms with Crippen molar-refractivity contribution in [3.8, 4) is 0 Å². The molecule has 0 saturated heterocycles. The van der Waals surface area contributed by atoms with Gasteiger partial charge < -0.3 is 10.6 Å². The molecule has 0 aliphatic heterocycles. The summed E-state index contributed by atoms with van der Waals surface area (Å²) in [6, 6.07) is 3.13. The molecule has 110 valence electrons. The molecule has 0 aliphatic rings. The van der Waals surface area contributed by atoms with Gasteiger partial charge in [0.1, 0.15) is 11.6 Å². The van der Waals surface area contributed by atoms with Gasteiger partial charge in [0.2, 0.25) is 5.95 Å². The van der Waals surface area contributed by atoms with E-state index in [2.05, 4.69) is 20.6 Å². The Bertz CT molecular complexity index is 631. The van der Waals surface area contributed by atoms with E-state index in [0.717, 1.165) is 18.6 Å². The van der Waals surface area contributed by atoms with E-state index in [1.54, 1.807) is 0 Å². The highest BCUT2D eigenvalue weighted by Crippen LogP contribution is 2.18. The molecule has 5 nitrogen and oxygen atoms in total. The van der Waals surface area contributed by atoms with Gasteiger partial charge in [0.25, 0.3) is 5.91 Å². The van der Waals surface area contributed by atoms with Crippen molar-refractivity contribution in [1.82, 2.24) is 15.3 Å². The number of anilines is 2. The lowest BCUT2D eigenvalue weighted by Crippen LogP contribution is -2.24. The van der Waals surface area contributed by atoms with E-state index in [-0.39, 0.29) is 17.5 Å². The minimum Gasteiger partial charge on any atom is -0.352 e. The molecule has 0 atom stereocenters. The largest absolute Gasteiger partial charge is 0.352 e. The minimum absolute atomic E-state index is 0.0552. The van der Waals surface area contributed by atoms with Crippen LogP contribution in [0.4, 0.5) is 20.4 Å². The summed E-state index contributed by atoms with van der Waals surface area (Å²) in [5.41, 5.74) is 0.369. The van der Waals surface area contributed by atoms with Gasteiger partial charge in [-0.1, -0.05) is 6.92 Å². The van der Waals surface area contributed by atoms with Gasteiger partial charge in [0.05, 0.1) is 11.3 Å². The molecule has 0 unspecified atom stereocenters. The zero-order chi connectivity index (χ0) is 15.2. The summed E-state index contributed by atoms with van der Waals surface area (Å²) in [6.45, 7) is 2.51. The van der Waals surface area contributed by atoms with Crippen LogP contribution in [0.2, 0.25) is 0 Å². The van der Waals surface area contributed by atoms with Gasteiger partial charge in [0.15, 0.2) is 0 Å². The molecule has 0 fully saturated rings. The maximum atomic E-state index is 13.5. The number of benzene rings is 1. The molecule has 1 aromatic carbocycles. The molecule has 1 aromatic heterocycles. The highest BCUT2D eigenvalue weighted by atomic mass is 19.1. The monoisotopic (exact) mass is 292 g/mol. The number of rotatable bonds is 5. The third-order valence-corrected chi connectivity index (χ3v) is 2.63. The topological polar surface area (TPSA) is 66.9 Å². The van der Waals surface area contributed by atoms with Crippen molar-refractivity contribution >= 4 is 17.5 Å². The number of nitrogens with one attached hydrogen (secondary N) is 2. The van der Waals surface area contributed by atoms with Crippen molar-refractivity contribution in [1.29, 1.82) is 0 Å². The van der Waals surface area contributed by atoms with E-state index in [1.807, 2.05) is 6.92 Å². The first-order valence-corrected chi connectivity index (χ1v) is 6.42. The van der Waals surface area contributed by atoms with Crippen LogP contribution in [0.25, 0.3) is 0 Å². The van der Waals surface area contributed by atoms with Crippen molar-refractivity contribution in [3.63, 3.8) is 0 Å². The first kappa shape index (κ1) is 14.8. The fourth-order valence-electron chi connectivity index (χ4n) is 1.56. The van der Waals surface area contributed by atoms with Crippen molar-refractivity contribution < 1.29 is 13.6 Å². The first-order chi connectivity index (χ1) is 10.1. The molecule has 0 saturated carbocycles. The zero-order valence-corrected chi connectivity index (χ0v) is 11.4. The van der Waals surface area contributed by atoms with E-state index in [0.29, 0.717) is 12.1 Å². The molecule has 0 radical (unpaired) electrons. The molecule has 7 heteroatoms. The van der Waals surface area contributed by atoms with E-state index >= 15 is 0 Å². The molecule has 2 aromatic rings. The lowest BCUT2D eigenvalue weighted by atomic mass is 10.3. The Kier molecular flexibility index (Phi) is 4.76. The van der Waals surface area contributed by atoms with Crippen LogP contribution in [0.5, 0.6) is 0 Å². The zero-order valence-electron chi connectivity index (χ0n) is 11.4. The summed E-state index contributed by atoms with van der Waals surface area (Å²) in [5.74, 6) is -1.56. The Morgan fingerprint density at radius 2 is 1.95 bits per heavy atom. The standard InChI is InChI=1S/C14H14F2N4O/c1-2-5-17-13(21)9-7-18-14(19-8-9)20-12-4-3-10(15)6-11(12)16/h3-4,6-8H,2,5H2,1H3,(H,17,21)(H,18,19,20). The van der Waals surface area contributed by atoms with Crippen LogP contribution in [0.15, 0.2) is 30.6 Å². The summed E-state index contributed by atoms with van der Waals surface area (Å²) in [5, 5.41) is 5.31. The Morgan fingerprint density at radius 1 is 1.24 bits per heavy atom. The number of hydrogen-bond acceptors (Lipinski definition) is 4. The average molecular weight is 292 g/mol. The predicted octanol–water partition coefficient (Wildman–Crippen LogP) is 2.64. The third kappa shape index (κ3) is 3.95. The lowest BCUT2D eigenvalue weighted by Gasteiger charge is -2.07. The summed E-state index contributed by atoms with van der Waals surface area (Å²) in [6.07, 6.45) is 3.50. The number of halogens is 2. The Balaban J connectivity index is 2.07. The molecular formula is C14H14F2N4O. The number of aromatic nitrogens is 2. The Hall–Kier alpha value is -2.57. The van der Waals surface area contributed by atoms with Gasteiger partial charge in [-0.3, -0.25) is 4.79 Å². The van der Waals surface area contributed by atoms with E-state index in [9.17, 15) is 13.6 Å². The molecule has 1 amide bonds. The maximum Gasteiger partial charge on any atom is 0.254 e. The predicted molar refractivity (Wildman–Crippen MR) is 74.3 cm³/mol. The van der Waals surface area contributed by atoms with Crippen LogP contribution in [0.3, 0.4) is 0 Å². The first-order valence-electron chi connectivity index (χ1n) is 6.42. The van der Waals surface area contributed by atoms with Gasteiger partial charge in [0, 0.05) is 25.0 Å². The molecule has 0 spiro atoms. The molecule has 2 N–H and O–H groups in total. The molecule has 0 aliphatic carbocycles. The number of nitrogens with zero attached hydrogens (tertiary/aromatic N) is 2. The third-order valence-electron chi connectivity index (χ3n) is 2.63. The van der Waals surface area contributed by atoms with Crippen LogP contribution < -0.4 is 10.6 Å². The summed E-state index contributed by atoms with van der Waals surface area (Å²) >= 11 is 0. The maximum absolute atomic E-state index is 13.5. The van der Waals surface area contributed by atoms with E-state index in [4.69, 9.17) is 0 Å². The normalized spacial score (nSPS) is 10.2. The summed E-state index contributed by atoms with van der Waals surface area (Å²) in [7, 11) is 0. The average Bonchev–Trinajstić information content (AvgIpc) is 2.48. The fourth-order valence-corrected chi connectivity index (χ4v) is 1.56. The number of amides is 1. The van der Waals surface area contributed by atoms with Crippen LogP contribution in [0.1, 0.15) is 23.7 Å². The smallest absolute Gasteiger partial charge is 0.254 e. The van der Waals surface area contributed by atoms with Crippen LogP contribution in [0, 0.1) is 11.6 Å².